The van der Waals surface area contributed by atoms with Crippen molar-refractivity contribution in [3.05, 3.63) is 64.6 Å². The molecule has 6 heteroatoms. The van der Waals surface area contributed by atoms with E-state index in [2.05, 4.69) is 34.1 Å². The van der Waals surface area contributed by atoms with Gasteiger partial charge in [-0.2, -0.15) is 0 Å². The number of Topliss-reactive ketones (excluding diaryl/α,β-unsaturated/α-hetero) is 1. The number of aromatic nitrogens is 2. The van der Waals surface area contributed by atoms with E-state index in [0.717, 1.165) is 37.6 Å². The number of rotatable bonds is 6. The molecule has 0 amide bonds. The van der Waals surface area contributed by atoms with E-state index in [1.54, 1.807) is 12.1 Å². The molecule has 1 saturated heterocycles. The van der Waals surface area contributed by atoms with Crippen molar-refractivity contribution in [2.75, 3.05) is 31.2 Å². The average Bonchev–Trinajstić information content (AvgIpc) is 3.10. The average molecular weight is 398 g/mol. The summed E-state index contributed by atoms with van der Waals surface area (Å²) in [5, 5.41) is 0.625. The van der Waals surface area contributed by atoms with Crippen LogP contribution in [0.25, 0.3) is 5.65 Å². The molecule has 5 nitrogen and oxygen atoms in total. The summed E-state index contributed by atoms with van der Waals surface area (Å²) in [5.41, 5.74) is 4.61. The lowest BCUT2D eigenvalue weighted by Gasteiger charge is -2.28. The molecule has 0 aliphatic carbocycles. The number of halogens is 1. The highest BCUT2D eigenvalue weighted by Gasteiger charge is 2.18. The quantitative estimate of drug-likeness (QED) is 0.585. The second-order valence-corrected chi connectivity index (χ2v) is 7.46. The molecule has 4 rings (SSSR count). The zero-order valence-electron chi connectivity index (χ0n) is 16.0. The van der Waals surface area contributed by atoms with Gasteiger partial charge < -0.3 is 9.64 Å². The fourth-order valence-corrected chi connectivity index (χ4v) is 3.84. The Bertz CT molecular complexity index is 975. The number of nitrogens with zero attached hydrogens (tertiary/aromatic N) is 3. The Labute approximate surface area is 169 Å². The van der Waals surface area contributed by atoms with E-state index in [0.29, 0.717) is 30.0 Å². The fourth-order valence-electron chi connectivity index (χ4n) is 3.68. The Morgan fingerprint density at radius 1 is 1.18 bits per heavy atom. The number of benzene rings is 1. The lowest BCUT2D eigenvalue weighted by Crippen LogP contribution is -2.36. The number of hydrogen-bond acceptors (Lipinski definition) is 4. The summed E-state index contributed by atoms with van der Waals surface area (Å²) >= 11 is 6.06. The van der Waals surface area contributed by atoms with Gasteiger partial charge in [0.2, 0.25) is 0 Å². The Balaban J connectivity index is 1.46. The number of imidazole rings is 1. The summed E-state index contributed by atoms with van der Waals surface area (Å²) in [6.07, 6.45) is 3.72. The number of carbonyl (C=O) groups is 1. The number of anilines is 1. The van der Waals surface area contributed by atoms with Crippen LogP contribution in [-0.2, 0) is 17.6 Å². The van der Waals surface area contributed by atoms with E-state index < -0.39 is 0 Å². The van der Waals surface area contributed by atoms with Crippen LogP contribution in [0.3, 0.4) is 0 Å². The van der Waals surface area contributed by atoms with Gasteiger partial charge in [0.15, 0.2) is 5.78 Å². The van der Waals surface area contributed by atoms with Crippen LogP contribution in [0, 0.1) is 0 Å². The summed E-state index contributed by atoms with van der Waals surface area (Å²) in [7, 11) is 0. The van der Waals surface area contributed by atoms with Gasteiger partial charge >= 0.3 is 0 Å². The summed E-state index contributed by atoms with van der Waals surface area (Å²) in [4.78, 5) is 19.9. The van der Waals surface area contributed by atoms with Crippen LogP contribution in [-0.4, -0.2) is 41.5 Å². The van der Waals surface area contributed by atoms with Crippen molar-refractivity contribution in [3.63, 3.8) is 0 Å². The Morgan fingerprint density at radius 3 is 2.64 bits per heavy atom. The molecule has 3 aromatic rings. The van der Waals surface area contributed by atoms with Crippen molar-refractivity contribution >= 4 is 28.7 Å². The fraction of sp³-hybridized carbons (Fsp3) is 0.364. The molecule has 0 unspecified atom stereocenters. The zero-order valence-corrected chi connectivity index (χ0v) is 16.8. The summed E-state index contributed by atoms with van der Waals surface area (Å²) < 4.78 is 7.26. The molecule has 1 aliphatic rings. The van der Waals surface area contributed by atoms with Crippen molar-refractivity contribution in [1.82, 2.24) is 9.38 Å². The van der Waals surface area contributed by atoms with Gasteiger partial charge in [-0.1, -0.05) is 30.7 Å². The van der Waals surface area contributed by atoms with Gasteiger partial charge in [0.1, 0.15) is 11.3 Å². The van der Waals surface area contributed by atoms with Gasteiger partial charge in [-0.3, -0.25) is 9.20 Å². The Morgan fingerprint density at radius 2 is 1.93 bits per heavy atom. The van der Waals surface area contributed by atoms with Crippen molar-refractivity contribution in [2.24, 2.45) is 0 Å². The van der Waals surface area contributed by atoms with Crippen LogP contribution >= 0.6 is 11.6 Å². The number of hydrogen-bond donors (Lipinski definition) is 0. The SMILES string of the molecule is CCc1nc2cc(Cl)ccn2c1C(=O)CCc1ccc(N2CCOCC2)cc1. The van der Waals surface area contributed by atoms with Crippen LogP contribution < -0.4 is 4.90 Å². The normalized spacial score (nSPS) is 14.6. The number of pyridine rings is 1. The van der Waals surface area contributed by atoms with Crippen LogP contribution in [0.2, 0.25) is 5.02 Å². The van der Waals surface area contributed by atoms with E-state index >= 15 is 0 Å². The van der Waals surface area contributed by atoms with Gasteiger partial charge in [-0.15, -0.1) is 0 Å². The maximum atomic E-state index is 13.0. The summed E-state index contributed by atoms with van der Waals surface area (Å²) in [6.45, 7) is 5.43. The van der Waals surface area contributed by atoms with E-state index in [9.17, 15) is 4.79 Å². The third kappa shape index (κ3) is 3.91. The smallest absolute Gasteiger partial charge is 0.181 e. The number of aryl methyl sites for hydroxylation is 2. The van der Waals surface area contributed by atoms with Crippen molar-refractivity contribution in [1.29, 1.82) is 0 Å². The molecule has 3 heterocycles. The first-order valence-corrected chi connectivity index (χ1v) is 10.1. The van der Waals surface area contributed by atoms with E-state index in [-0.39, 0.29) is 5.78 Å². The minimum absolute atomic E-state index is 0.115. The first-order chi connectivity index (χ1) is 13.7. The van der Waals surface area contributed by atoms with Crippen molar-refractivity contribution < 1.29 is 9.53 Å². The molecule has 2 aromatic heterocycles. The van der Waals surface area contributed by atoms with Crippen LogP contribution in [0.1, 0.15) is 35.1 Å². The first kappa shape index (κ1) is 19.0. The number of morpholine rings is 1. The van der Waals surface area contributed by atoms with E-state index in [1.165, 1.54) is 11.3 Å². The van der Waals surface area contributed by atoms with Crippen LogP contribution in [0.4, 0.5) is 5.69 Å². The Kier molecular flexibility index (Phi) is 5.64. The van der Waals surface area contributed by atoms with Crippen molar-refractivity contribution in [3.8, 4) is 0 Å². The van der Waals surface area contributed by atoms with Gasteiger partial charge in [-0.25, -0.2) is 4.98 Å². The molecular formula is C22H24ClN3O2. The second-order valence-electron chi connectivity index (χ2n) is 7.02. The predicted molar refractivity (Wildman–Crippen MR) is 112 cm³/mol. The third-order valence-corrected chi connectivity index (χ3v) is 5.45. The van der Waals surface area contributed by atoms with Crippen LogP contribution in [0.15, 0.2) is 42.6 Å². The topological polar surface area (TPSA) is 46.8 Å². The van der Waals surface area contributed by atoms with Gasteiger partial charge in [-0.05, 0) is 36.6 Å². The maximum Gasteiger partial charge on any atom is 0.181 e. The molecule has 0 bridgehead atoms. The standard InChI is InChI=1S/C22H24ClN3O2/c1-2-19-22(26-10-9-17(23)15-21(26)24-19)20(27)8-5-16-3-6-18(7-4-16)25-11-13-28-14-12-25/h3-4,6-7,9-10,15H,2,5,8,11-14H2,1H3. The van der Waals surface area contributed by atoms with Gasteiger partial charge in [0.05, 0.1) is 18.9 Å². The van der Waals surface area contributed by atoms with Crippen molar-refractivity contribution in [2.45, 2.75) is 26.2 Å². The van der Waals surface area contributed by atoms with E-state index in [1.807, 2.05) is 17.5 Å². The largest absolute Gasteiger partial charge is 0.378 e. The first-order valence-electron chi connectivity index (χ1n) is 9.77. The molecule has 0 atom stereocenters. The number of carbonyl (C=O) groups excluding carboxylic acids is 1. The highest BCUT2D eigenvalue weighted by molar-refractivity contribution is 6.30. The highest BCUT2D eigenvalue weighted by atomic mass is 35.5. The molecule has 146 valence electrons. The lowest BCUT2D eigenvalue weighted by atomic mass is 10.0. The molecule has 0 saturated carbocycles. The second kappa shape index (κ2) is 8.33. The minimum atomic E-state index is 0.115. The van der Waals surface area contributed by atoms with Gasteiger partial charge in [0, 0.05) is 42.5 Å². The van der Waals surface area contributed by atoms with Crippen LogP contribution in [0.5, 0.6) is 0 Å². The minimum Gasteiger partial charge on any atom is -0.378 e. The molecule has 0 radical (unpaired) electrons. The molecule has 28 heavy (non-hydrogen) atoms. The lowest BCUT2D eigenvalue weighted by molar-refractivity contribution is 0.0976. The van der Waals surface area contributed by atoms with Gasteiger partial charge in [0.25, 0.3) is 0 Å². The molecular weight excluding hydrogens is 374 g/mol. The molecule has 1 aromatic carbocycles. The monoisotopic (exact) mass is 397 g/mol. The number of ether oxygens (including phenoxy) is 1. The summed E-state index contributed by atoms with van der Waals surface area (Å²) in [6, 6.07) is 12.1. The molecule has 0 spiro atoms. The number of ketones is 1. The molecule has 1 fully saturated rings. The number of fused-ring (bicyclic) bond motifs is 1. The predicted octanol–water partition coefficient (Wildman–Crippen LogP) is 4.20. The molecule has 0 N–H and O–H groups in total. The maximum absolute atomic E-state index is 13.0. The molecule has 1 aliphatic heterocycles. The third-order valence-electron chi connectivity index (χ3n) is 5.21. The Hall–Kier alpha value is -2.37. The summed E-state index contributed by atoms with van der Waals surface area (Å²) in [5.74, 6) is 0.115. The zero-order chi connectivity index (χ0) is 19.5. The highest BCUT2D eigenvalue weighted by Crippen LogP contribution is 2.21. The van der Waals surface area contributed by atoms with E-state index in [4.69, 9.17) is 16.3 Å².